The zero-order valence-corrected chi connectivity index (χ0v) is 10.1. The fraction of sp³-hybridized carbons (Fsp3) is 0.357. The van der Waals surface area contributed by atoms with Crippen molar-refractivity contribution in [3.63, 3.8) is 0 Å². The molecule has 0 heterocycles. The van der Waals surface area contributed by atoms with Gasteiger partial charge in [-0.1, -0.05) is 43.7 Å². The molecule has 16 heavy (non-hydrogen) atoms. The molecule has 0 spiro atoms. The zero-order chi connectivity index (χ0) is 12.0. The molecule has 0 radical (unpaired) electrons. The van der Waals surface area contributed by atoms with Crippen molar-refractivity contribution in [3.05, 3.63) is 41.5 Å². The number of ether oxygens (including phenoxy) is 1. The molecule has 0 atom stereocenters. The number of allylic oxidation sites excluding steroid dienone is 1. The summed E-state index contributed by atoms with van der Waals surface area (Å²) in [7, 11) is 1.42. The van der Waals surface area contributed by atoms with Crippen LogP contribution in [0.15, 0.2) is 35.9 Å². The summed E-state index contributed by atoms with van der Waals surface area (Å²) < 4.78 is 4.76. The zero-order valence-electron chi connectivity index (χ0n) is 10.1. The van der Waals surface area contributed by atoms with E-state index in [1.807, 2.05) is 37.3 Å². The SMILES string of the molecule is CCCC(=C(C)C(=O)OC)c1ccccc1. The quantitative estimate of drug-likeness (QED) is 0.571. The maximum atomic E-state index is 11.5. The summed E-state index contributed by atoms with van der Waals surface area (Å²) in [5.41, 5.74) is 2.89. The van der Waals surface area contributed by atoms with Crippen LogP contribution in [0, 0.1) is 0 Å². The average molecular weight is 218 g/mol. The molecular weight excluding hydrogens is 200 g/mol. The van der Waals surface area contributed by atoms with E-state index < -0.39 is 0 Å². The van der Waals surface area contributed by atoms with Gasteiger partial charge in [-0.25, -0.2) is 4.79 Å². The highest BCUT2D eigenvalue weighted by Crippen LogP contribution is 2.24. The van der Waals surface area contributed by atoms with E-state index in [1.54, 1.807) is 0 Å². The molecule has 0 fully saturated rings. The van der Waals surface area contributed by atoms with Crippen molar-refractivity contribution in [2.75, 3.05) is 7.11 Å². The average Bonchev–Trinajstić information content (AvgIpc) is 2.35. The van der Waals surface area contributed by atoms with Crippen LogP contribution in [-0.2, 0) is 9.53 Å². The van der Waals surface area contributed by atoms with Crippen LogP contribution >= 0.6 is 0 Å². The van der Waals surface area contributed by atoms with Crippen LogP contribution in [0.5, 0.6) is 0 Å². The Labute approximate surface area is 96.9 Å². The van der Waals surface area contributed by atoms with Crippen molar-refractivity contribution in [2.24, 2.45) is 0 Å². The lowest BCUT2D eigenvalue weighted by molar-refractivity contribution is -0.135. The molecule has 0 aromatic heterocycles. The molecule has 0 N–H and O–H groups in total. The number of rotatable bonds is 4. The van der Waals surface area contributed by atoms with E-state index >= 15 is 0 Å². The van der Waals surface area contributed by atoms with Crippen LogP contribution in [0.25, 0.3) is 5.57 Å². The molecule has 0 aliphatic heterocycles. The first kappa shape index (κ1) is 12.5. The Balaban J connectivity index is 3.13. The predicted octanol–water partition coefficient (Wildman–Crippen LogP) is 3.43. The van der Waals surface area contributed by atoms with Crippen molar-refractivity contribution in [3.8, 4) is 0 Å². The summed E-state index contributed by atoms with van der Waals surface area (Å²) in [5.74, 6) is -0.243. The van der Waals surface area contributed by atoms with Crippen molar-refractivity contribution in [1.82, 2.24) is 0 Å². The van der Waals surface area contributed by atoms with E-state index in [9.17, 15) is 4.79 Å². The molecule has 0 saturated carbocycles. The summed E-state index contributed by atoms with van der Waals surface area (Å²) in [6.07, 6.45) is 1.91. The second-order valence-electron chi connectivity index (χ2n) is 3.71. The smallest absolute Gasteiger partial charge is 0.333 e. The molecular formula is C14H18O2. The Morgan fingerprint density at radius 3 is 2.38 bits per heavy atom. The third-order valence-electron chi connectivity index (χ3n) is 2.57. The normalized spacial score (nSPS) is 11.9. The van der Waals surface area contributed by atoms with Gasteiger partial charge in [0.05, 0.1) is 7.11 Å². The molecule has 2 nitrogen and oxygen atoms in total. The Morgan fingerprint density at radius 2 is 1.88 bits per heavy atom. The first-order valence-corrected chi connectivity index (χ1v) is 5.54. The Hall–Kier alpha value is -1.57. The molecule has 0 unspecified atom stereocenters. The summed E-state index contributed by atoms with van der Waals surface area (Å²) in [5, 5.41) is 0. The topological polar surface area (TPSA) is 26.3 Å². The number of carbonyl (C=O) groups excluding carboxylic acids is 1. The Bertz CT molecular complexity index is 377. The predicted molar refractivity (Wildman–Crippen MR) is 66.0 cm³/mol. The number of methoxy groups -OCH3 is 1. The minimum absolute atomic E-state index is 0.243. The second-order valence-corrected chi connectivity index (χ2v) is 3.71. The van der Waals surface area contributed by atoms with Crippen LogP contribution in [-0.4, -0.2) is 13.1 Å². The number of hydrogen-bond acceptors (Lipinski definition) is 2. The lowest BCUT2D eigenvalue weighted by Crippen LogP contribution is -2.04. The fourth-order valence-corrected chi connectivity index (χ4v) is 1.71. The minimum Gasteiger partial charge on any atom is -0.466 e. The first-order valence-electron chi connectivity index (χ1n) is 5.54. The summed E-state index contributed by atoms with van der Waals surface area (Å²) in [4.78, 5) is 11.5. The van der Waals surface area contributed by atoms with Crippen molar-refractivity contribution < 1.29 is 9.53 Å². The Kier molecular flexibility index (Phi) is 4.77. The molecule has 1 rings (SSSR count). The highest BCUT2D eigenvalue weighted by atomic mass is 16.5. The van der Waals surface area contributed by atoms with E-state index in [1.165, 1.54) is 7.11 Å². The van der Waals surface area contributed by atoms with Crippen molar-refractivity contribution >= 4 is 11.5 Å². The number of carbonyl (C=O) groups is 1. The van der Waals surface area contributed by atoms with E-state index in [0.29, 0.717) is 5.57 Å². The van der Waals surface area contributed by atoms with Gasteiger partial charge in [0.15, 0.2) is 0 Å². The third-order valence-corrected chi connectivity index (χ3v) is 2.57. The standard InChI is InChI=1S/C14H18O2/c1-4-8-13(11(2)14(15)16-3)12-9-6-5-7-10-12/h5-7,9-10H,4,8H2,1-3H3. The van der Waals surface area contributed by atoms with Gasteiger partial charge in [0, 0.05) is 5.57 Å². The second kappa shape index (κ2) is 6.11. The minimum atomic E-state index is -0.243. The summed E-state index contributed by atoms with van der Waals surface area (Å²) in [6.45, 7) is 3.93. The van der Waals surface area contributed by atoms with Crippen LogP contribution in [0.1, 0.15) is 32.3 Å². The first-order chi connectivity index (χ1) is 7.70. The van der Waals surface area contributed by atoms with E-state index in [-0.39, 0.29) is 5.97 Å². The largest absolute Gasteiger partial charge is 0.466 e. The monoisotopic (exact) mass is 218 g/mol. The van der Waals surface area contributed by atoms with Gasteiger partial charge in [-0.15, -0.1) is 0 Å². The summed E-state index contributed by atoms with van der Waals surface area (Å²) >= 11 is 0. The maximum absolute atomic E-state index is 11.5. The Morgan fingerprint density at radius 1 is 1.25 bits per heavy atom. The van der Waals surface area contributed by atoms with E-state index in [2.05, 4.69) is 6.92 Å². The van der Waals surface area contributed by atoms with Gasteiger partial charge in [-0.3, -0.25) is 0 Å². The van der Waals surface area contributed by atoms with Gasteiger partial charge in [-0.2, -0.15) is 0 Å². The van der Waals surface area contributed by atoms with Crippen molar-refractivity contribution in [2.45, 2.75) is 26.7 Å². The summed E-state index contributed by atoms with van der Waals surface area (Å²) in [6, 6.07) is 9.99. The van der Waals surface area contributed by atoms with Gasteiger partial charge >= 0.3 is 5.97 Å². The van der Waals surface area contributed by atoms with Crippen molar-refractivity contribution in [1.29, 1.82) is 0 Å². The molecule has 0 aliphatic carbocycles. The molecule has 1 aromatic carbocycles. The molecule has 1 aromatic rings. The fourth-order valence-electron chi connectivity index (χ4n) is 1.71. The van der Waals surface area contributed by atoms with Crippen LogP contribution in [0.2, 0.25) is 0 Å². The molecule has 2 heteroatoms. The highest BCUT2D eigenvalue weighted by Gasteiger charge is 2.11. The van der Waals surface area contributed by atoms with Gasteiger partial charge in [0.1, 0.15) is 0 Å². The number of esters is 1. The van der Waals surface area contributed by atoms with Crippen LogP contribution < -0.4 is 0 Å². The van der Waals surface area contributed by atoms with Gasteiger partial charge < -0.3 is 4.74 Å². The van der Waals surface area contributed by atoms with Crippen LogP contribution in [0.4, 0.5) is 0 Å². The van der Waals surface area contributed by atoms with E-state index in [4.69, 9.17) is 4.74 Å². The molecule has 0 saturated heterocycles. The van der Waals surface area contributed by atoms with E-state index in [0.717, 1.165) is 24.0 Å². The van der Waals surface area contributed by atoms with Gasteiger partial charge in [0.25, 0.3) is 0 Å². The van der Waals surface area contributed by atoms with Gasteiger partial charge in [0.2, 0.25) is 0 Å². The molecule has 0 amide bonds. The maximum Gasteiger partial charge on any atom is 0.333 e. The molecule has 0 aliphatic rings. The lowest BCUT2D eigenvalue weighted by Gasteiger charge is -2.10. The number of hydrogen-bond donors (Lipinski definition) is 0. The molecule has 86 valence electrons. The third kappa shape index (κ3) is 2.96. The van der Waals surface area contributed by atoms with Crippen LogP contribution in [0.3, 0.4) is 0 Å². The molecule has 0 bridgehead atoms. The van der Waals surface area contributed by atoms with Gasteiger partial charge in [-0.05, 0) is 24.5 Å². The number of benzene rings is 1. The highest BCUT2D eigenvalue weighted by molar-refractivity contribution is 5.96. The lowest BCUT2D eigenvalue weighted by atomic mass is 9.97.